The molecule has 1 unspecified atom stereocenters. The van der Waals surface area contributed by atoms with Gasteiger partial charge >= 0.3 is 0 Å². The normalized spacial score (nSPS) is 19.8. The van der Waals surface area contributed by atoms with Crippen molar-refractivity contribution in [3.05, 3.63) is 24.0 Å². The van der Waals surface area contributed by atoms with E-state index in [2.05, 4.69) is 9.88 Å². The molecule has 0 aliphatic carbocycles. The molecule has 2 heterocycles. The van der Waals surface area contributed by atoms with E-state index in [0.717, 1.165) is 31.6 Å². The van der Waals surface area contributed by atoms with Crippen molar-refractivity contribution in [3.8, 4) is 6.07 Å². The molecule has 4 heteroatoms. The summed E-state index contributed by atoms with van der Waals surface area (Å²) in [5.74, 6) is 0.399. The summed E-state index contributed by atoms with van der Waals surface area (Å²) in [6, 6.07) is 5.61. The Morgan fingerprint density at radius 1 is 1.59 bits per heavy atom. The smallest absolute Gasteiger partial charge is 0.140 e. The van der Waals surface area contributed by atoms with Crippen LogP contribution >= 0.6 is 0 Å². The Bertz CT molecular complexity index is 447. The molecule has 0 saturated carbocycles. The molecule has 1 aromatic rings. The van der Waals surface area contributed by atoms with E-state index in [9.17, 15) is 4.79 Å². The minimum Gasteiger partial charge on any atom is -0.370 e. The first-order valence-electron chi connectivity index (χ1n) is 5.82. The second kappa shape index (κ2) is 4.96. The Morgan fingerprint density at radius 3 is 3.00 bits per heavy atom. The largest absolute Gasteiger partial charge is 0.370 e. The minimum absolute atomic E-state index is 0.138. The molecule has 0 amide bonds. The van der Waals surface area contributed by atoms with E-state index in [1.807, 2.05) is 12.1 Å². The summed E-state index contributed by atoms with van der Waals surface area (Å²) in [5, 5.41) is 8.68. The highest BCUT2D eigenvalue weighted by Gasteiger charge is 2.23. The van der Waals surface area contributed by atoms with E-state index in [1.54, 1.807) is 19.2 Å². The van der Waals surface area contributed by atoms with Gasteiger partial charge in [0.15, 0.2) is 0 Å². The Kier molecular flexibility index (Phi) is 3.38. The van der Waals surface area contributed by atoms with Crippen LogP contribution in [0.25, 0.3) is 0 Å². The molecule has 2 rings (SSSR count). The highest BCUT2D eigenvalue weighted by atomic mass is 16.1. The Labute approximate surface area is 101 Å². The monoisotopic (exact) mass is 229 g/mol. The number of nitrogens with zero attached hydrogens (tertiary/aromatic N) is 3. The lowest BCUT2D eigenvalue weighted by Gasteiger charge is -2.33. The summed E-state index contributed by atoms with van der Waals surface area (Å²) in [7, 11) is 0. The number of rotatable bonds is 2. The third-order valence-corrected chi connectivity index (χ3v) is 3.22. The van der Waals surface area contributed by atoms with E-state index < -0.39 is 0 Å². The lowest BCUT2D eigenvalue weighted by Crippen LogP contribution is -2.38. The number of carbonyl (C=O) groups is 1. The maximum Gasteiger partial charge on any atom is 0.140 e. The maximum absolute atomic E-state index is 11.4. The number of Topliss-reactive ketones (excluding diaryl/α,β-unsaturated/α-hetero) is 1. The third-order valence-electron chi connectivity index (χ3n) is 3.22. The zero-order valence-corrected chi connectivity index (χ0v) is 9.89. The van der Waals surface area contributed by atoms with Crippen LogP contribution in [0.2, 0.25) is 0 Å². The van der Waals surface area contributed by atoms with Crippen molar-refractivity contribution < 1.29 is 4.79 Å². The Hall–Kier alpha value is -1.89. The van der Waals surface area contributed by atoms with Gasteiger partial charge in [-0.3, -0.25) is 4.79 Å². The van der Waals surface area contributed by atoms with Gasteiger partial charge in [-0.05, 0) is 31.9 Å². The van der Waals surface area contributed by atoms with E-state index >= 15 is 0 Å². The molecule has 0 radical (unpaired) electrons. The van der Waals surface area contributed by atoms with Crippen LogP contribution < -0.4 is 4.90 Å². The van der Waals surface area contributed by atoms with E-state index in [4.69, 9.17) is 5.26 Å². The topological polar surface area (TPSA) is 57.0 Å². The summed E-state index contributed by atoms with van der Waals surface area (Å²) in [6.07, 6.45) is 3.72. The number of hydrogen-bond donors (Lipinski definition) is 0. The molecule has 0 aromatic carbocycles. The van der Waals surface area contributed by atoms with Gasteiger partial charge in [0.2, 0.25) is 0 Å². The number of pyridine rings is 1. The second-order valence-electron chi connectivity index (χ2n) is 4.41. The zero-order chi connectivity index (χ0) is 12.3. The van der Waals surface area contributed by atoms with Gasteiger partial charge in [0.25, 0.3) is 0 Å². The van der Waals surface area contributed by atoms with E-state index in [-0.39, 0.29) is 11.7 Å². The molecule has 0 spiro atoms. The van der Waals surface area contributed by atoms with Crippen molar-refractivity contribution in [2.45, 2.75) is 19.8 Å². The summed E-state index contributed by atoms with van der Waals surface area (Å²) >= 11 is 0. The van der Waals surface area contributed by atoms with E-state index in [0.29, 0.717) is 5.69 Å². The van der Waals surface area contributed by atoms with Gasteiger partial charge in [0, 0.05) is 19.0 Å². The maximum atomic E-state index is 11.4. The predicted octanol–water partition coefficient (Wildman–Crippen LogP) is 1.76. The van der Waals surface area contributed by atoms with Gasteiger partial charge in [0.05, 0.1) is 11.9 Å². The standard InChI is InChI=1S/C13H15N3O/c1-10(17)11-3-2-6-16(9-11)13-5-4-12(7-14)15-8-13/h4-5,8,11H,2-3,6,9H2,1H3. The number of aromatic nitrogens is 1. The average molecular weight is 229 g/mol. The van der Waals surface area contributed by atoms with Crippen LogP contribution in [0, 0.1) is 17.2 Å². The zero-order valence-electron chi connectivity index (χ0n) is 9.89. The molecule has 4 nitrogen and oxygen atoms in total. The fourth-order valence-corrected chi connectivity index (χ4v) is 2.18. The fraction of sp³-hybridized carbons (Fsp3) is 0.462. The van der Waals surface area contributed by atoms with Crippen molar-refractivity contribution in [3.63, 3.8) is 0 Å². The van der Waals surface area contributed by atoms with Crippen molar-refractivity contribution in [1.29, 1.82) is 5.26 Å². The van der Waals surface area contributed by atoms with Crippen LogP contribution in [-0.4, -0.2) is 23.9 Å². The van der Waals surface area contributed by atoms with Gasteiger partial charge in [-0.2, -0.15) is 5.26 Å². The van der Waals surface area contributed by atoms with Gasteiger partial charge in [-0.15, -0.1) is 0 Å². The first-order valence-corrected chi connectivity index (χ1v) is 5.82. The quantitative estimate of drug-likeness (QED) is 0.775. The molecule has 88 valence electrons. The Morgan fingerprint density at radius 2 is 2.41 bits per heavy atom. The van der Waals surface area contributed by atoms with Gasteiger partial charge in [-0.25, -0.2) is 4.98 Å². The van der Waals surface area contributed by atoms with Crippen LogP contribution in [0.15, 0.2) is 18.3 Å². The molecular weight excluding hydrogens is 214 g/mol. The molecule has 1 saturated heterocycles. The molecule has 1 aliphatic heterocycles. The lowest BCUT2D eigenvalue weighted by molar-refractivity contribution is -0.120. The summed E-state index contributed by atoms with van der Waals surface area (Å²) < 4.78 is 0. The molecule has 0 N–H and O–H groups in total. The van der Waals surface area contributed by atoms with E-state index in [1.165, 1.54) is 0 Å². The second-order valence-corrected chi connectivity index (χ2v) is 4.41. The number of nitriles is 1. The molecule has 1 aromatic heterocycles. The fourth-order valence-electron chi connectivity index (χ4n) is 2.18. The molecular formula is C13H15N3O. The summed E-state index contributed by atoms with van der Waals surface area (Å²) in [4.78, 5) is 17.6. The molecule has 1 aliphatic rings. The molecule has 1 atom stereocenters. The molecule has 0 bridgehead atoms. The highest BCUT2D eigenvalue weighted by Crippen LogP contribution is 2.23. The predicted molar refractivity (Wildman–Crippen MR) is 64.6 cm³/mol. The van der Waals surface area contributed by atoms with Crippen LogP contribution in [0.5, 0.6) is 0 Å². The number of piperidine rings is 1. The van der Waals surface area contributed by atoms with Crippen LogP contribution in [-0.2, 0) is 4.79 Å². The number of hydrogen-bond acceptors (Lipinski definition) is 4. The minimum atomic E-state index is 0.138. The van der Waals surface area contributed by atoms with Crippen LogP contribution in [0.3, 0.4) is 0 Å². The SMILES string of the molecule is CC(=O)C1CCCN(c2ccc(C#N)nc2)C1. The van der Waals surface area contributed by atoms with Crippen molar-refractivity contribution in [2.75, 3.05) is 18.0 Å². The van der Waals surface area contributed by atoms with Gasteiger partial charge in [-0.1, -0.05) is 0 Å². The van der Waals surface area contributed by atoms with Gasteiger partial charge < -0.3 is 4.90 Å². The first-order chi connectivity index (χ1) is 8.20. The van der Waals surface area contributed by atoms with Crippen molar-refractivity contribution >= 4 is 11.5 Å². The third kappa shape index (κ3) is 2.62. The first kappa shape index (κ1) is 11.6. The number of ketones is 1. The molecule has 17 heavy (non-hydrogen) atoms. The van der Waals surface area contributed by atoms with Crippen molar-refractivity contribution in [1.82, 2.24) is 4.98 Å². The Balaban J connectivity index is 2.11. The van der Waals surface area contributed by atoms with Crippen LogP contribution in [0.1, 0.15) is 25.5 Å². The number of anilines is 1. The van der Waals surface area contributed by atoms with Gasteiger partial charge in [0.1, 0.15) is 17.5 Å². The average Bonchev–Trinajstić information content (AvgIpc) is 2.39. The lowest BCUT2D eigenvalue weighted by atomic mass is 9.94. The highest BCUT2D eigenvalue weighted by molar-refractivity contribution is 5.79. The number of carbonyl (C=O) groups excluding carboxylic acids is 1. The van der Waals surface area contributed by atoms with Crippen molar-refractivity contribution in [2.24, 2.45) is 5.92 Å². The van der Waals surface area contributed by atoms with Crippen LogP contribution in [0.4, 0.5) is 5.69 Å². The summed E-state index contributed by atoms with van der Waals surface area (Å²) in [5.41, 5.74) is 1.42. The summed E-state index contributed by atoms with van der Waals surface area (Å²) in [6.45, 7) is 3.38. The molecule has 1 fully saturated rings.